The molecular weight excluding hydrogens is 345 g/mol. The van der Waals surface area contributed by atoms with Crippen LogP contribution in [0.25, 0.3) is 0 Å². The second kappa shape index (κ2) is 7.86. The Kier molecular flexibility index (Phi) is 5.59. The van der Waals surface area contributed by atoms with E-state index in [1.54, 1.807) is 30.5 Å². The molecule has 1 fully saturated rings. The molecule has 24 heavy (non-hydrogen) atoms. The zero-order valence-electron chi connectivity index (χ0n) is 13.3. The van der Waals surface area contributed by atoms with Gasteiger partial charge in [-0.1, -0.05) is 36.0 Å². The van der Waals surface area contributed by atoms with Gasteiger partial charge in [-0.25, -0.2) is 4.98 Å². The Morgan fingerprint density at radius 3 is 2.25 bits per heavy atom. The number of hydrogen-bond donors (Lipinski definition) is 1. The maximum atomic E-state index is 12.3. The summed E-state index contributed by atoms with van der Waals surface area (Å²) in [5.74, 6) is -0.282. The molecule has 0 radical (unpaired) electrons. The molecule has 1 aliphatic heterocycles. The van der Waals surface area contributed by atoms with Crippen molar-refractivity contribution in [2.45, 2.75) is 25.7 Å². The van der Waals surface area contributed by atoms with Crippen LogP contribution in [0, 0.1) is 0 Å². The number of amides is 1. The SMILES string of the molecule is O=C(Nc1cc(Cl)cc(Cl)c1)c1ccc(N2CCCCCC2)cn1. The van der Waals surface area contributed by atoms with Gasteiger partial charge in [0.2, 0.25) is 0 Å². The van der Waals surface area contributed by atoms with E-state index in [1.165, 1.54) is 25.7 Å². The predicted molar refractivity (Wildman–Crippen MR) is 99.3 cm³/mol. The Balaban J connectivity index is 1.69. The van der Waals surface area contributed by atoms with E-state index in [1.807, 2.05) is 6.07 Å². The Hall–Kier alpha value is -1.78. The molecular formula is C18H19Cl2N3O. The molecule has 3 rings (SSSR count). The number of pyridine rings is 1. The molecule has 0 spiro atoms. The summed E-state index contributed by atoms with van der Waals surface area (Å²) in [5, 5.41) is 3.71. The molecule has 0 unspecified atom stereocenters. The van der Waals surface area contributed by atoms with Crippen LogP contribution in [0.5, 0.6) is 0 Å². The van der Waals surface area contributed by atoms with Crippen LogP contribution in [0.2, 0.25) is 10.0 Å². The average Bonchev–Trinajstić information content (AvgIpc) is 2.83. The third kappa shape index (κ3) is 4.40. The van der Waals surface area contributed by atoms with E-state index in [2.05, 4.69) is 15.2 Å². The summed E-state index contributed by atoms with van der Waals surface area (Å²) >= 11 is 11.9. The number of carbonyl (C=O) groups is 1. The number of aromatic nitrogens is 1. The maximum absolute atomic E-state index is 12.3. The zero-order valence-corrected chi connectivity index (χ0v) is 14.8. The molecule has 0 bridgehead atoms. The number of benzene rings is 1. The summed E-state index contributed by atoms with van der Waals surface area (Å²) in [6.45, 7) is 2.10. The lowest BCUT2D eigenvalue weighted by molar-refractivity contribution is 0.102. The molecule has 1 N–H and O–H groups in total. The summed E-state index contributed by atoms with van der Waals surface area (Å²) in [5.41, 5.74) is 1.99. The molecule has 0 atom stereocenters. The standard InChI is InChI=1S/C18H19Cl2N3O/c19-13-9-14(20)11-15(10-13)22-18(24)17-6-5-16(12-21-17)23-7-3-1-2-4-8-23/h5-6,9-12H,1-4,7-8H2,(H,22,24). The first-order valence-electron chi connectivity index (χ1n) is 8.10. The number of rotatable bonds is 3. The van der Waals surface area contributed by atoms with Gasteiger partial charge in [-0.05, 0) is 43.2 Å². The van der Waals surface area contributed by atoms with Gasteiger partial charge in [-0.3, -0.25) is 4.79 Å². The van der Waals surface area contributed by atoms with E-state index in [0.717, 1.165) is 18.8 Å². The summed E-state index contributed by atoms with van der Waals surface area (Å²) < 4.78 is 0. The third-order valence-electron chi connectivity index (χ3n) is 4.07. The van der Waals surface area contributed by atoms with Crippen molar-refractivity contribution >= 4 is 40.5 Å². The molecule has 4 nitrogen and oxygen atoms in total. The largest absolute Gasteiger partial charge is 0.370 e. The van der Waals surface area contributed by atoms with Crippen LogP contribution in [0.3, 0.4) is 0 Å². The Bertz CT molecular complexity index is 690. The van der Waals surface area contributed by atoms with E-state index >= 15 is 0 Å². The van der Waals surface area contributed by atoms with Gasteiger partial charge >= 0.3 is 0 Å². The van der Waals surface area contributed by atoms with Crippen LogP contribution in [0.1, 0.15) is 36.2 Å². The van der Waals surface area contributed by atoms with Crippen LogP contribution in [0.15, 0.2) is 36.5 Å². The first-order valence-corrected chi connectivity index (χ1v) is 8.86. The molecule has 2 aromatic rings. The lowest BCUT2D eigenvalue weighted by Gasteiger charge is -2.22. The molecule has 126 valence electrons. The van der Waals surface area contributed by atoms with Crippen LogP contribution in [-0.4, -0.2) is 24.0 Å². The normalized spacial score (nSPS) is 15.0. The van der Waals surface area contributed by atoms with Gasteiger partial charge in [0.15, 0.2) is 0 Å². The molecule has 0 aliphatic carbocycles. The van der Waals surface area contributed by atoms with Crippen molar-refractivity contribution in [3.05, 3.63) is 52.3 Å². The van der Waals surface area contributed by atoms with Gasteiger partial charge in [0.05, 0.1) is 11.9 Å². The van der Waals surface area contributed by atoms with Crippen molar-refractivity contribution in [2.75, 3.05) is 23.3 Å². The van der Waals surface area contributed by atoms with Gasteiger partial charge in [0.25, 0.3) is 5.91 Å². The minimum Gasteiger partial charge on any atom is -0.370 e. The third-order valence-corrected chi connectivity index (χ3v) is 4.51. The number of carbonyl (C=O) groups excluding carboxylic acids is 1. The highest BCUT2D eigenvalue weighted by Gasteiger charge is 2.13. The Labute approximate surface area is 151 Å². The highest BCUT2D eigenvalue weighted by atomic mass is 35.5. The topological polar surface area (TPSA) is 45.2 Å². The van der Waals surface area contributed by atoms with Crippen molar-refractivity contribution in [1.29, 1.82) is 0 Å². The minimum absolute atomic E-state index is 0.282. The molecule has 1 amide bonds. The number of hydrogen-bond acceptors (Lipinski definition) is 3. The van der Waals surface area contributed by atoms with Crippen LogP contribution in [0.4, 0.5) is 11.4 Å². The van der Waals surface area contributed by atoms with E-state index in [-0.39, 0.29) is 5.91 Å². The van der Waals surface area contributed by atoms with Gasteiger partial charge in [-0.15, -0.1) is 0 Å². The fourth-order valence-corrected chi connectivity index (χ4v) is 3.38. The zero-order chi connectivity index (χ0) is 16.9. The van der Waals surface area contributed by atoms with Gasteiger partial charge in [0, 0.05) is 28.8 Å². The monoisotopic (exact) mass is 363 g/mol. The van der Waals surface area contributed by atoms with Crippen LogP contribution >= 0.6 is 23.2 Å². The van der Waals surface area contributed by atoms with Crippen molar-refractivity contribution < 1.29 is 4.79 Å². The smallest absolute Gasteiger partial charge is 0.274 e. The van der Waals surface area contributed by atoms with Crippen molar-refractivity contribution in [1.82, 2.24) is 4.98 Å². The Morgan fingerprint density at radius 1 is 1.00 bits per heavy atom. The van der Waals surface area contributed by atoms with Gasteiger partial charge in [-0.2, -0.15) is 0 Å². The van der Waals surface area contributed by atoms with Crippen molar-refractivity contribution in [2.24, 2.45) is 0 Å². The minimum atomic E-state index is -0.282. The predicted octanol–water partition coefficient (Wildman–Crippen LogP) is 5.02. The fourth-order valence-electron chi connectivity index (χ4n) is 2.86. The molecule has 1 aromatic carbocycles. The summed E-state index contributed by atoms with van der Waals surface area (Å²) in [4.78, 5) is 18.9. The molecule has 1 aromatic heterocycles. The van der Waals surface area contributed by atoms with Crippen molar-refractivity contribution in [3.8, 4) is 0 Å². The van der Waals surface area contributed by atoms with E-state index in [0.29, 0.717) is 21.4 Å². The quantitative estimate of drug-likeness (QED) is 0.832. The van der Waals surface area contributed by atoms with E-state index in [4.69, 9.17) is 23.2 Å². The van der Waals surface area contributed by atoms with E-state index < -0.39 is 0 Å². The first kappa shape index (κ1) is 17.1. The lowest BCUT2D eigenvalue weighted by Crippen LogP contribution is -2.24. The molecule has 6 heteroatoms. The number of nitrogens with one attached hydrogen (secondary N) is 1. The van der Waals surface area contributed by atoms with E-state index in [9.17, 15) is 4.79 Å². The Morgan fingerprint density at radius 2 is 1.67 bits per heavy atom. The van der Waals surface area contributed by atoms with Crippen LogP contribution in [-0.2, 0) is 0 Å². The summed E-state index contributed by atoms with van der Waals surface area (Å²) in [6, 6.07) is 8.63. The second-order valence-corrected chi connectivity index (χ2v) is 6.79. The fraction of sp³-hybridized carbons (Fsp3) is 0.333. The van der Waals surface area contributed by atoms with Crippen molar-refractivity contribution in [3.63, 3.8) is 0 Å². The lowest BCUT2D eigenvalue weighted by atomic mass is 10.2. The first-order chi connectivity index (χ1) is 11.6. The number of anilines is 2. The van der Waals surface area contributed by atoms with Gasteiger partial charge < -0.3 is 10.2 Å². The summed E-state index contributed by atoms with van der Waals surface area (Å²) in [6.07, 6.45) is 6.75. The van der Waals surface area contributed by atoms with Crippen LogP contribution < -0.4 is 10.2 Å². The molecule has 1 aliphatic rings. The highest BCUT2D eigenvalue weighted by molar-refractivity contribution is 6.35. The maximum Gasteiger partial charge on any atom is 0.274 e. The molecule has 1 saturated heterocycles. The number of nitrogens with zero attached hydrogens (tertiary/aromatic N) is 2. The highest BCUT2D eigenvalue weighted by Crippen LogP contribution is 2.23. The second-order valence-electron chi connectivity index (χ2n) is 5.92. The summed E-state index contributed by atoms with van der Waals surface area (Å²) in [7, 11) is 0. The molecule has 0 saturated carbocycles. The molecule has 2 heterocycles. The number of halogens is 2. The average molecular weight is 364 g/mol. The van der Waals surface area contributed by atoms with Gasteiger partial charge in [0.1, 0.15) is 5.69 Å².